The van der Waals surface area contributed by atoms with Crippen LogP contribution in [0.2, 0.25) is 0 Å². The van der Waals surface area contributed by atoms with E-state index in [9.17, 15) is 4.79 Å². The number of ether oxygens (including phenoxy) is 4. The number of fused-ring (bicyclic) bond motifs is 2. The number of thiazole rings is 1. The van der Waals surface area contributed by atoms with Gasteiger partial charge < -0.3 is 23.5 Å². The molecule has 0 saturated carbocycles. The van der Waals surface area contributed by atoms with Gasteiger partial charge >= 0.3 is 0 Å². The fourth-order valence-electron chi connectivity index (χ4n) is 3.12. The molecule has 0 aliphatic carbocycles. The van der Waals surface area contributed by atoms with Crippen molar-refractivity contribution in [3.05, 3.63) is 53.4 Å². The van der Waals surface area contributed by atoms with E-state index in [1.54, 1.807) is 31.4 Å². The molecule has 29 heavy (non-hydrogen) atoms. The first-order valence-corrected chi connectivity index (χ1v) is 9.81. The largest absolute Gasteiger partial charge is 0.497 e. The predicted molar refractivity (Wildman–Crippen MR) is 110 cm³/mol. The van der Waals surface area contributed by atoms with Gasteiger partial charge in [0.25, 0.3) is 5.91 Å². The Balaban J connectivity index is 1.84. The molecular weight excluding hydrogens is 392 g/mol. The van der Waals surface area contributed by atoms with E-state index in [0.29, 0.717) is 53.1 Å². The Hall–Kier alpha value is -3.26. The third-order valence-electron chi connectivity index (χ3n) is 4.49. The summed E-state index contributed by atoms with van der Waals surface area (Å²) in [6, 6.07) is 8.85. The summed E-state index contributed by atoms with van der Waals surface area (Å²) in [7, 11) is 3.07. The van der Waals surface area contributed by atoms with E-state index in [1.807, 2.05) is 16.7 Å². The fourth-order valence-corrected chi connectivity index (χ4v) is 4.17. The van der Waals surface area contributed by atoms with Gasteiger partial charge in [0, 0.05) is 24.7 Å². The highest BCUT2D eigenvalue weighted by molar-refractivity contribution is 7.16. The number of amides is 1. The maximum atomic E-state index is 12.9. The standard InChI is InChI=1S/C21H20N2O5S/c1-4-7-23-15-11-17-18(28-9-8-27-17)12-19(15)29-21(23)22-20(24)14-6-5-13(25-2)10-16(14)26-3/h4-6,10-12H,1,7-9H2,2-3H3. The van der Waals surface area contributed by atoms with E-state index in [0.717, 1.165) is 10.2 Å². The van der Waals surface area contributed by atoms with Crippen LogP contribution in [-0.4, -0.2) is 37.9 Å². The van der Waals surface area contributed by atoms with Crippen molar-refractivity contribution in [2.75, 3.05) is 27.4 Å². The molecule has 4 rings (SSSR count). The van der Waals surface area contributed by atoms with Gasteiger partial charge in [0.05, 0.1) is 30.0 Å². The van der Waals surface area contributed by atoms with Gasteiger partial charge in [-0.1, -0.05) is 17.4 Å². The summed E-state index contributed by atoms with van der Waals surface area (Å²) in [5.41, 5.74) is 1.27. The van der Waals surface area contributed by atoms with Gasteiger partial charge in [0.2, 0.25) is 0 Å². The minimum atomic E-state index is -0.397. The van der Waals surface area contributed by atoms with Gasteiger partial charge in [-0.3, -0.25) is 4.79 Å². The third-order valence-corrected chi connectivity index (χ3v) is 5.54. The molecule has 0 radical (unpaired) electrons. The van der Waals surface area contributed by atoms with Crippen LogP contribution in [0.1, 0.15) is 10.4 Å². The average Bonchev–Trinajstić information content (AvgIpc) is 3.07. The maximum absolute atomic E-state index is 12.9. The number of methoxy groups -OCH3 is 2. The number of rotatable bonds is 5. The van der Waals surface area contributed by atoms with Crippen molar-refractivity contribution in [3.63, 3.8) is 0 Å². The number of hydrogen-bond acceptors (Lipinski definition) is 6. The molecule has 3 aromatic rings. The van der Waals surface area contributed by atoms with Crippen molar-refractivity contribution in [3.8, 4) is 23.0 Å². The summed E-state index contributed by atoms with van der Waals surface area (Å²) in [4.78, 5) is 17.8. The average molecular weight is 412 g/mol. The van der Waals surface area contributed by atoms with E-state index in [-0.39, 0.29) is 0 Å². The summed E-state index contributed by atoms with van der Waals surface area (Å²) in [6.45, 7) is 5.36. The molecule has 2 aromatic carbocycles. The molecule has 0 spiro atoms. The van der Waals surface area contributed by atoms with Gasteiger partial charge in [-0.2, -0.15) is 4.99 Å². The lowest BCUT2D eigenvalue weighted by Crippen LogP contribution is -2.17. The van der Waals surface area contributed by atoms with Crippen LogP contribution in [0.4, 0.5) is 0 Å². The van der Waals surface area contributed by atoms with Crippen molar-refractivity contribution in [2.24, 2.45) is 4.99 Å². The lowest BCUT2D eigenvalue weighted by Gasteiger charge is -2.18. The highest BCUT2D eigenvalue weighted by Crippen LogP contribution is 2.35. The van der Waals surface area contributed by atoms with Crippen LogP contribution in [0.25, 0.3) is 10.2 Å². The number of hydrogen-bond donors (Lipinski definition) is 0. The van der Waals surface area contributed by atoms with Crippen molar-refractivity contribution in [2.45, 2.75) is 6.54 Å². The lowest BCUT2D eigenvalue weighted by molar-refractivity contribution is 0.0995. The Kier molecular flexibility index (Phi) is 5.26. The zero-order valence-corrected chi connectivity index (χ0v) is 17.0. The highest BCUT2D eigenvalue weighted by atomic mass is 32.1. The normalized spacial score (nSPS) is 13.4. The Morgan fingerprint density at radius 3 is 2.66 bits per heavy atom. The second-order valence-electron chi connectivity index (χ2n) is 6.23. The Labute approximate surface area is 171 Å². The number of aromatic nitrogens is 1. The molecule has 150 valence electrons. The van der Waals surface area contributed by atoms with Gasteiger partial charge in [0.1, 0.15) is 24.7 Å². The van der Waals surface area contributed by atoms with Gasteiger partial charge in [-0.25, -0.2) is 0 Å². The minimum Gasteiger partial charge on any atom is -0.497 e. The molecule has 1 aliphatic rings. The summed E-state index contributed by atoms with van der Waals surface area (Å²) >= 11 is 1.41. The van der Waals surface area contributed by atoms with Gasteiger partial charge in [0.15, 0.2) is 16.3 Å². The summed E-state index contributed by atoms with van der Waals surface area (Å²) in [5, 5.41) is 0. The Bertz CT molecular complexity index is 1160. The topological polar surface area (TPSA) is 71.3 Å². The van der Waals surface area contributed by atoms with E-state index in [1.165, 1.54) is 18.4 Å². The van der Waals surface area contributed by atoms with Crippen LogP contribution in [0.5, 0.6) is 23.0 Å². The number of allylic oxidation sites excluding steroid dienone is 1. The van der Waals surface area contributed by atoms with E-state index in [4.69, 9.17) is 18.9 Å². The first-order chi connectivity index (χ1) is 14.1. The Morgan fingerprint density at radius 2 is 1.97 bits per heavy atom. The molecule has 0 unspecified atom stereocenters. The monoisotopic (exact) mass is 412 g/mol. The van der Waals surface area contributed by atoms with Crippen LogP contribution in [0.3, 0.4) is 0 Å². The van der Waals surface area contributed by atoms with Crippen molar-refractivity contribution >= 4 is 27.5 Å². The second kappa shape index (κ2) is 8.00. The first kappa shape index (κ1) is 19.1. The van der Waals surface area contributed by atoms with Crippen LogP contribution in [0, 0.1) is 0 Å². The molecule has 1 aromatic heterocycles. The van der Waals surface area contributed by atoms with Crippen LogP contribution in [-0.2, 0) is 6.54 Å². The van der Waals surface area contributed by atoms with Crippen molar-refractivity contribution < 1.29 is 23.7 Å². The van der Waals surface area contributed by atoms with Crippen LogP contribution in [0.15, 0.2) is 48.0 Å². The summed E-state index contributed by atoms with van der Waals surface area (Å²) in [6.07, 6.45) is 1.76. The predicted octanol–water partition coefficient (Wildman–Crippen LogP) is 3.42. The first-order valence-electron chi connectivity index (χ1n) is 8.99. The zero-order valence-electron chi connectivity index (χ0n) is 16.1. The van der Waals surface area contributed by atoms with Crippen molar-refractivity contribution in [1.29, 1.82) is 0 Å². The highest BCUT2D eigenvalue weighted by Gasteiger charge is 2.18. The molecule has 0 bridgehead atoms. The molecule has 0 saturated heterocycles. The quantitative estimate of drug-likeness (QED) is 0.601. The van der Waals surface area contributed by atoms with Gasteiger partial charge in [-0.05, 0) is 12.1 Å². The summed E-state index contributed by atoms with van der Waals surface area (Å²) < 4.78 is 24.8. The molecule has 8 heteroatoms. The fraction of sp³-hybridized carbons (Fsp3) is 0.238. The molecule has 7 nitrogen and oxygen atoms in total. The summed E-state index contributed by atoms with van der Waals surface area (Å²) in [5.74, 6) is 2.00. The van der Waals surface area contributed by atoms with E-state index >= 15 is 0 Å². The van der Waals surface area contributed by atoms with Crippen molar-refractivity contribution in [1.82, 2.24) is 4.57 Å². The number of carbonyl (C=O) groups is 1. The number of carbonyl (C=O) groups excluding carboxylic acids is 1. The van der Waals surface area contributed by atoms with E-state index < -0.39 is 5.91 Å². The molecule has 0 atom stereocenters. The third kappa shape index (κ3) is 3.58. The second-order valence-corrected chi connectivity index (χ2v) is 7.24. The minimum absolute atomic E-state index is 0.363. The van der Waals surface area contributed by atoms with E-state index in [2.05, 4.69) is 11.6 Å². The molecule has 0 N–H and O–H groups in total. The molecular formula is C21H20N2O5S. The van der Waals surface area contributed by atoms with Crippen LogP contribution >= 0.6 is 11.3 Å². The Morgan fingerprint density at radius 1 is 1.21 bits per heavy atom. The molecule has 2 heterocycles. The SMILES string of the molecule is C=CCn1c(=NC(=O)c2ccc(OC)cc2OC)sc2cc3c(cc21)OCCO3. The number of benzene rings is 2. The van der Waals surface area contributed by atoms with Gasteiger partial charge in [-0.15, -0.1) is 6.58 Å². The zero-order chi connectivity index (χ0) is 20.4. The maximum Gasteiger partial charge on any atom is 0.283 e. The number of nitrogens with zero attached hydrogens (tertiary/aromatic N) is 2. The molecule has 1 aliphatic heterocycles. The molecule has 1 amide bonds. The molecule has 0 fully saturated rings. The lowest BCUT2D eigenvalue weighted by atomic mass is 10.2. The van der Waals surface area contributed by atoms with Crippen LogP contribution < -0.4 is 23.7 Å². The smallest absolute Gasteiger partial charge is 0.283 e.